The van der Waals surface area contributed by atoms with Crippen molar-refractivity contribution < 1.29 is 34.1 Å². The highest BCUT2D eigenvalue weighted by Crippen LogP contribution is 2.62. The number of carbonyl (C=O) groups is 1. The lowest BCUT2D eigenvalue weighted by atomic mass is 9.55. The van der Waals surface area contributed by atoms with Crippen LogP contribution in [-0.4, -0.2) is 76.0 Å². The normalized spacial score (nSPS) is 26.3. The molecule has 2 fully saturated rings. The van der Waals surface area contributed by atoms with Gasteiger partial charge >= 0.3 is 0 Å². The Bertz CT molecular complexity index is 1730. The van der Waals surface area contributed by atoms with Crippen molar-refractivity contribution in [3.63, 3.8) is 0 Å². The van der Waals surface area contributed by atoms with E-state index in [-0.39, 0.29) is 49.4 Å². The number of hydrogen-bond acceptors (Lipinski definition) is 9. The average Bonchev–Trinajstić information content (AvgIpc) is 3.72. The average molecular weight is 786 g/mol. The minimum absolute atomic E-state index is 0.0774. The Morgan fingerprint density at radius 1 is 1.07 bits per heavy atom. The standard InChI is InChI=1S/C47H67N3O7/c1-7-27-55-47-42(50(6)43(53)24-21-33-16-8-9-17-33)30-40(49-57-46(3,4)5)38-28-34(18-10-12-25-51)37(20-11-13-26-52)44(45(38)47)39-29-36(22-23-41(39)56-47)54-31-35-19-14-15-32(2)48-35/h7,14-15,19,22-23,28-29,33-34,37,42,44-45,51-52H,1,8-13,16-18,20-21,24-27,30-31H2,2-6H3/t34-,37+,42-,44+,45+,47+/m0/s1. The van der Waals surface area contributed by atoms with Crippen molar-refractivity contribution in [2.24, 2.45) is 28.8 Å². The van der Waals surface area contributed by atoms with Crippen LogP contribution < -0.4 is 9.47 Å². The van der Waals surface area contributed by atoms with Gasteiger partial charge in [0, 0.05) is 50.3 Å². The molecule has 0 bridgehead atoms. The number of unbranched alkanes of at least 4 members (excludes halogenated alkanes) is 2. The Hall–Kier alpha value is -3.73. The number of benzene rings is 1. The van der Waals surface area contributed by atoms with Crippen molar-refractivity contribution >= 4 is 11.6 Å². The van der Waals surface area contributed by atoms with Gasteiger partial charge in [0.2, 0.25) is 11.7 Å². The van der Waals surface area contributed by atoms with Crippen LogP contribution in [0.25, 0.3) is 0 Å². The molecule has 10 nitrogen and oxygen atoms in total. The molecule has 1 amide bonds. The maximum absolute atomic E-state index is 14.3. The molecule has 2 saturated carbocycles. The van der Waals surface area contributed by atoms with Gasteiger partial charge in [0.1, 0.15) is 29.7 Å². The van der Waals surface area contributed by atoms with E-state index >= 15 is 0 Å². The van der Waals surface area contributed by atoms with Gasteiger partial charge in [-0.1, -0.05) is 61.9 Å². The monoisotopic (exact) mass is 785 g/mol. The molecule has 1 aromatic carbocycles. The molecule has 312 valence electrons. The van der Waals surface area contributed by atoms with Crippen LogP contribution in [0.3, 0.4) is 0 Å². The molecule has 4 aliphatic rings. The van der Waals surface area contributed by atoms with Gasteiger partial charge in [-0.25, -0.2) is 0 Å². The van der Waals surface area contributed by atoms with E-state index in [2.05, 4.69) is 23.7 Å². The summed E-state index contributed by atoms with van der Waals surface area (Å²) in [5, 5.41) is 24.7. The molecule has 2 N–H and O–H groups in total. The summed E-state index contributed by atoms with van der Waals surface area (Å²) in [6, 6.07) is 11.5. The SMILES string of the molecule is C=CCO[C@@]12Oc3ccc(OCc4cccc(C)n4)cc3[C@H]3[C@H](CCCCO)[C@@H](CCCCO)C=C(C(=NOC(C)(C)C)C[C@@H]1N(C)C(=O)CCC1CCCC1)[C@H]32. The summed E-state index contributed by atoms with van der Waals surface area (Å²) in [6.07, 6.45) is 15.7. The Kier molecular flexibility index (Phi) is 14.5. The number of rotatable bonds is 19. The van der Waals surface area contributed by atoms with E-state index in [1.165, 1.54) is 25.7 Å². The molecule has 3 aliphatic carbocycles. The third kappa shape index (κ3) is 10.1. The predicted octanol–water partition coefficient (Wildman–Crippen LogP) is 8.83. The predicted molar refractivity (Wildman–Crippen MR) is 223 cm³/mol. The first-order chi connectivity index (χ1) is 27.5. The number of fused-ring (bicyclic) bond motifs is 2. The largest absolute Gasteiger partial charge is 0.487 e. The number of nitrogens with zero attached hydrogens (tertiary/aromatic N) is 3. The van der Waals surface area contributed by atoms with Crippen molar-refractivity contribution in [1.82, 2.24) is 9.88 Å². The van der Waals surface area contributed by atoms with Crippen LogP contribution in [0.2, 0.25) is 0 Å². The fourth-order valence-corrected chi connectivity index (χ4v) is 9.82. The number of allylic oxidation sites excluding steroid dienone is 1. The highest BCUT2D eigenvalue weighted by molar-refractivity contribution is 6.03. The lowest BCUT2D eigenvalue weighted by Gasteiger charge is -2.59. The molecule has 1 aromatic heterocycles. The van der Waals surface area contributed by atoms with E-state index in [0.717, 1.165) is 72.5 Å². The van der Waals surface area contributed by atoms with Crippen molar-refractivity contribution in [3.8, 4) is 11.5 Å². The number of aryl methyl sites for hydroxylation is 1. The van der Waals surface area contributed by atoms with Crippen LogP contribution in [0.5, 0.6) is 11.5 Å². The molecular weight excluding hydrogens is 719 g/mol. The van der Waals surface area contributed by atoms with Crippen molar-refractivity contribution in [2.45, 2.75) is 141 Å². The number of aliphatic hydroxyl groups excluding tert-OH is 2. The van der Waals surface area contributed by atoms with Crippen molar-refractivity contribution in [2.75, 3.05) is 26.9 Å². The van der Waals surface area contributed by atoms with Crippen molar-refractivity contribution in [3.05, 3.63) is 77.7 Å². The van der Waals surface area contributed by atoms with Gasteiger partial charge in [0.15, 0.2) is 0 Å². The zero-order valence-electron chi connectivity index (χ0n) is 35.1. The second kappa shape index (κ2) is 19.3. The number of amides is 1. The molecule has 0 spiro atoms. The fourth-order valence-electron chi connectivity index (χ4n) is 9.82. The molecule has 6 atom stereocenters. The molecule has 6 rings (SSSR count). The first kappa shape index (κ1) is 42.9. The summed E-state index contributed by atoms with van der Waals surface area (Å²) >= 11 is 0. The van der Waals surface area contributed by atoms with Gasteiger partial charge < -0.3 is 34.2 Å². The van der Waals surface area contributed by atoms with Crippen LogP contribution >= 0.6 is 0 Å². The topological polar surface area (TPSA) is 123 Å². The molecule has 2 heterocycles. The summed E-state index contributed by atoms with van der Waals surface area (Å²) < 4.78 is 20.8. The second-order valence-electron chi connectivity index (χ2n) is 17.7. The van der Waals surface area contributed by atoms with Crippen molar-refractivity contribution in [1.29, 1.82) is 0 Å². The first-order valence-corrected chi connectivity index (χ1v) is 21.6. The van der Waals surface area contributed by atoms with Gasteiger partial charge in [0.05, 0.1) is 23.9 Å². The van der Waals surface area contributed by atoms with Crippen LogP contribution in [0.1, 0.15) is 127 Å². The maximum Gasteiger partial charge on any atom is 0.239 e. The molecule has 10 heteroatoms. The van der Waals surface area contributed by atoms with Gasteiger partial charge in [0.25, 0.3) is 0 Å². The number of aliphatic hydroxyl groups is 2. The zero-order chi connectivity index (χ0) is 40.6. The smallest absolute Gasteiger partial charge is 0.239 e. The summed E-state index contributed by atoms with van der Waals surface area (Å²) in [6.45, 7) is 12.8. The maximum atomic E-state index is 14.3. The zero-order valence-corrected chi connectivity index (χ0v) is 35.1. The highest BCUT2D eigenvalue weighted by atomic mass is 16.7. The molecule has 0 saturated heterocycles. The third-order valence-electron chi connectivity index (χ3n) is 12.5. The van der Waals surface area contributed by atoms with Crippen LogP contribution in [-0.2, 0) is 21.0 Å². The third-order valence-corrected chi connectivity index (χ3v) is 12.5. The van der Waals surface area contributed by atoms with Crippen LogP contribution in [0, 0.1) is 30.6 Å². The minimum Gasteiger partial charge on any atom is -0.487 e. The Morgan fingerprint density at radius 3 is 2.53 bits per heavy atom. The molecular formula is C47H67N3O7. The van der Waals surface area contributed by atoms with Gasteiger partial charge in [-0.05, 0) is 113 Å². The van der Waals surface area contributed by atoms with E-state index in [1.54, 1.807) is 6.08 Å². The summed E-state index contributed by atoms with van der Waals surface area (Å²) in [4.78, 5) is 27.1. The quantitative estimate of drug-likeness (QED) is 0.0824. The number of ether oxygens (including phenoxy) is 3. The van der Waals surface area contributed by atoms with Crippen LogP contribution in [0.4, 0.5) is 0 Å². The van der Waals surface area contributed by atoms with E-state index in [1.807, 2.05) is 70.0 Å². The molecule has 2 aromatic rings. The van der Waals surface area contributed by atoms with Gasteiger partial charge in [-0.15, -0.1) is 6.58 Å². The number of likely N-dealkylation sites (N-methyl/N-ethyl adjacent to an activating group) is 1. The van der Waals surface area contributed by atoms with Crippen LogP contribution in [0.15, 0.2) is 65.9 Å². The Balaban J connectivity index is 1.51. The van der Waals surface area contributed by atoms with E-state index in [4.69, 9.17) is 24.2 Å². The number of hydrogen-bond donors (Lipinski definition) is 2. The number of carbonyl (C=O) groups excluding carboxylic acids is 1. The number of pyridine rings is 1. The van der Waals surface area contributed by atoms with Gasteiger partial charge in [-0.2, -0.15) is 0 Å². The fraction of sp³-hybridized carbons (Fsp3) is 0.638. The second-order valence-corrected chi connectivity index (χ2v) is 17.7. The number of oxime groups is 1. The molecule has 1 aliphatic heterocycles. The lowest BCUT2D eigenvalue weighted by molar-refractivity contribution is -0.255. The summed E-state index contributed by atoms with van der Waals surface area (Å²) in [5.74, 6) is 0.679. The first-order valence-electron chi connectivity index (χ1n) is 21.6. The minimum atomic E-state index is -1.25. The van der Waals surface area contributed by atoms with E-state index < -0.39 is 17.4 Å². The van der Waals surface area contributed by atoms with Gasteiger partial charge in [-0.3, -0.25) is 9.78 Å². The van der Waals surface area contributed by atoms with E-state index in [9.17, 15) is 15.0 Å². The Labute approximate surface area is 340 Å². The molecule has 0 unspecified atom stereocenters. The lowest BCUT2D eigenvalue weighted by Crippen LogP contribution is -2.69. The summed E-state index contributed by atoms with van der Waals surface area (Å²) in [7, 11) is 1.90. The summed E-state index contributed by atoms with van der Waals surface area (Å²) in [5.41, 5.74) is 4.13. The highest BCUT2D eigenvalue weighted by Gasteiger charge is 2.65. The molecule has 0 radical (unpaired) electrons. The molecule has 57 heavy (non-hydrogen) atoms. The van der Waals surface area contributed by atoms with E-state index in [0.29, 0.717) is 37.5 Å². The number of aromatic nitrogens is 1. The Morgan fingerprint density at radius 2 is 1.82 bits per heavy atom.